The minimum atomic E-state index is -0.332. The second-order valence-corrected chi connectivity index (χ2v) is 4.96. The number of hydrogen-bond donors (Lipinski definition) is 1. The van der Waals surface area contributed by atoms with Crippen LogP contribution in [0.5, 0.6) is 0 Å². The number of piperazine rings is 1. The van der Waals surface area contributed by atoms with Crippen LogP contribution in [0.4, 0.5) is 10.3 Å². The summed E-state index contributed by atoms with van der Waals surface area (Å²) in [7, 11) is 0. The third-order valence-electron chi connectivity index (χ3n) is 3.61. The third kappa shape index (κ3) is 2.72. The summed E-state index contributed by atoms with van der Waals surface area (Å²) in [6.45, 7) is 4.22. The van der Waals surface area contributed by atoms with Crippen molar-refractivity contribution in [2.24, 2.45) is 0 Å². The molecule has 1 aliphatic rings. The maximum Gasteiger partial charge on any atom is 0.245 e. The Kier molecular flexibility index (Phi) is 3.55. The lowest BCUT2D eigenvalue weighted by atomic mass is 10.2. The Bertz CT molecular complexity index is 648. The van der Waals surface area contributed by atoms with Crippen molar-refractivity contribution in [2.75, 3.05) is 31.1 Å². The molecule has 7 heteroatoms. The first-order valence-electron chi connectivity index (χ1n) is 6.83. The van der Waals surface area contributed by atoms with Crippen molar-refractivity contribution in [1.82, 2.24) is 20.1 Å². The van der Waals surface area contributed by atoms with Crippen LogP contribution in [-0.4, -0.2) is 52.2 Å². The van der Waals surface area contributed by atoms with E-state index in [1.54, 1.807) is 30.0 Å². The second kappa shape index (κ2) is 5.51. The van der Waals surface area contributed by atoms with E-state index in [4.69, 9.17) is 0 Å². The molecule has 1 aliphatic heterocycles. The summed E-state index contributed by atoms with van der Waals surface area (Å²) in [6.07, 6.45) is 0. The van der Waals surface area contributed by atoms with Gasteiger partial charge in [0.15, 0.2) is 5.82 Å². The first kappa shape index (κ1) is 13.5. The van der Waals surface area contributed by atoms with Gasteiger partial charge in [0.2, 0.25) is 11.9 Å². The fourth-order valence-electron chi connectivity index (χ4n) is 2.39. The second-order valence-electron chi connectivity index (χ2n) is 4.96. The van der Waals surface area contributed by atoms with E-state index in [1.165, 1.54) is 6.07 Å². The summed E-state index contributed by atoms with van der Waals surface area (Å²) in [5, 5.41) is 6.92. The Hall–Kier alpha value is -2.44. The van der Waals surface area contributed by atoms with Crippen LogP contribution in [-0.2, 0) is 4.79 Å². The van der Waals surface area contributed by atoms with Crippen molar-refractivity contribution in [3.8, 4) is 11.4 Å². The summed E-state index contributed by atoms with van der Waals surface area (Å²) in [4.78, 5) is 19.4. The standard InChI is InChI=1S/C14H16FN5O/c1-10(21)19-6-8-20(9-7-19)14-16-13(17-18-14)11-4-2-3-5-12(11)15/h2-5H,6-9H2,1H3,(H,16,17,18). The summed E-state index contributed by atoms with van der Waals surface area (Å²) in [5.74, 6) is 0.701. The Balaban J connectivity index is 1.74. The molecule has 6 nitrogen and oxygen atoms in total. The van der Waals surface area contributed by atoms with Crippen LogP contribution in [0.2, 0.25) is 0 Å². The molecule has 1 aromatic carbocycles. The van der Waals surface area contributed by atoms with Gasteiger partial charge in [0.25, 0.3) is 0 Å². The predicted octanol–water partition coefficient (Wildman–Crippen LogP) is 1.28. The highest BCUT2D eigenvalue weighted by Crippen LogP contribution is 2.21. The number of halogens is 1. The smallest absolute Gasteiger partial charge is 0.245 e. The number of carbonyl (C=O) groups is 1. The lowest BCUT2D eigenvalue weighted by Gasteiger charge is -2.33. The van der Waals surface area contributed by atoms with Crippen molar-refractivity contribution in [1.29, 1.82) is 0 Å². The molecule has 0 bridgehead atoms. The van der Waals surface area contributed by atoms with E-state index in [9.17, 15) is 9.18 Å². The summed E-state index contributed by atoms with van der Waals surface area (Å²) in [6, 6.07) is 6.44. The van der Waals surface area contributed by atoms with E-state index in [0.29, 0.717) is 43.5 Å². The SMILES string of the molecule is CC(=O)N1CCN(c2n[nH]c(-c3ccccc3F)n2)CC1. The highest BCUT2D eigenvalue weighted by molar-refractivity contribution is 5.73. The van der Waals surface area contributed by atoms with Gasteiger partial charge in [-0.15, -0.1) is 5.10 Å². The molecule has 0 aliphatic carbocycles. The zero-order chi connectivity index (χ0) is 14.8. The molecule has 0 atom stereocenters. The molecular formula is C14H16FN5O. The quantitative estimate of drug-likeness (QED) is 0.904. The van der Waals surface area contributed by atoms with Gasteiger partial charge >= 0.3 is 0 Å². The van der Waals surface area contributed by atoms with Crippen LogP contribution in [0.1, 0.15) is 6.92 Å². The molecule has 0 unspecified atom stereocenters. The molecule has 2 aromatic rings. The Morgan fingerprint density at radius 1 is 1.24 bits per heavy atom. The summed E-state index contributed by atoms with van der Waals surface area (Å²) < 4.78 is 13.7. The normalized spacial score (nSPS) is 15.3. The van der Waals surface area contributed by atoms with E-state index in [0.717, 1.165) is 0 Å². The number of carbonyl (C=O) groups excluding carboxylic acids is 1. The van der Waals surface area contributed by atoms with Crippen LogP contribution in [0.25, 0.3) is 11.4 Å². The van der Waals surface area contributed by atoms with Crippen molar-refractivity contribution in [2.45, 2.75) is 6.92 Å². The Labute approximate surface area is 121 Å². The van der Waals surface area contributed by atoms with Crippen LogP contribution < -0.4 is 4.90 Å². The topological polar surface area (TPSA) is 65.1 Å². The first-order chi connectivity index (χ1) is 10.1. The van der Waals surface area contributed by atoms with E-state index >= 15 is 0 Å². The van der Waals surface area contributed by atoms with Gasteiger partial charge in [0.05, 0.1) is 5.56 Å². The van der Waals surface area contributed by atoms with Gasteiger partial charge < -0.3 is 9.80 Å². The first-order valence-corrected chi connectivity index (χ1v) is 6.83. The van der Waals surface area contributed by atoms with Crippen LogP contribution in [0, 0.1) is 5.82 Å². The van der Waals surface area contributed by atoms with Crippen molar-refractivity contribution in [3.05, 3.63) is 30.1 Å². The number of rotatable bonds is 2. The van der Waals surface area contributed by atoms with Gasteiger partial charge in [0, 0.05) is 33.1 Å². The number of hydrogen-bond acceptors (Lipinski definition) is 4. The minimum absolute atomic E-state index is 0.0803. The lowest BCUT2D eigenvalue weighted by Crippen LogP contribution is -2.48. The zero-order valence-corrected chi connectivity index (χ0v) is 11.7. The number of aromatic amines is 1. The molecular weight excluding hydrogens is 273 g/mol. The molecule has 21 heavy (non-hydrogen) atoms. The molecule has 1 fully saturated rings. The molecule has 0 spiro atoms. The van der Waals surface area contributed by atoms with Crippen LogP contribution >= 0.6 is 0 Å². The number of aromatic nitrogens is 3. The molecule has 1 saturated heterocycles. The van der Waals surface area contributed by atoms with Gasteiger partial charge in [-0.05, 0) is 12.1 Å². The predicted molar refractivity (Wildman–Crippen MR) is 76.2 cm³/mol. The monoisotopic (exact) mass is 289 g/mol. The molecule has 1 amide bonds. The number of nitrogens with one attached hydrogen (secondary N) is 1. The number of amides is 1. The van der Waals surface area contributed by atoms with Crippen LogP contribution in [0.3, 0.4) is 0 Å². The van der Waals surface area contributed by atoms with Gasteiger partial charge in [-0.2, -0.15) is 4.98 Å². The molecule has 110 valence electrons. The van der Waals surface area contributed by atoms with E-state index in [1.807, 2.05) is 4.90 Å². The number of anilines is 1. The fourth-order valence-corrected chi connectivity index (χ4v) is 2.39. The molecule has 1 aromatic heterocycles. The Morgan fingerprint density at radius 3 is 2.62 bits per heavy atom. The van der Waals surface area contributed by atoms with E-state index in [-0.39, 0.29) is 11.7 Å². The van der Waals surface area contributed by atoms with Gasteiger partial charge in [-0.3, -0.25) is 9.89 Å². The average Bonchev–Trinajstić information content (AvgIpc) is 2.97. The largest absolute Gasteiger partial charge is 0.339 e. The minimum Gasteiger partial charge on any atom is -0.339 e. The molecule has 3 rings (SSSR count). The summed E-state index contributed by atoms with van der Waals surface area (Å²) in [5.41, 5.74) is 0.402. The zero-order valence-electron chi connectivity index (χ0n) is 11.7. The van der Waals surface area contributed by atoms with E-state index in [2.05, 4.69) is 15.2 Å². The van der Waals surface area contributed by atoms with Crippen LogP contribution in [0.15, 0.2) is 24.3 Å². The molecule has 0 saturated carbocycles. The van der Waals surface area contributed by atoms with Gasteiger partial charge in [-0.1, -0.05) is 12.1 Å². The van der Waals surface area contributed by atoms with E-state index < -0.39 is 0 Å². The maximum atomic E-state index is 13.7. The number of benzene rings is 1. The molecule has 2 heterocycles. The van der Waals surface area contributed by atoms with Gasteiger partial charge in [-0.25, -0.2) is 4.39 Å². The third-order valence-corrected chi connectivity index (χ3v) is 3.61. The fraction of sp³-hybridized carbons (Fsp3) is 0.357. The van der Waals surface area contributed by atoms with Gasteiger partial charge in [0.1, 0.15) is 5.82 Å². The average molecular weight is 289 g/mol. The number of H-pyrrole nitrogens is 1. The van der Waals surface area contributed by atoms with Crippen molar-refractivity contribution < 1.29 is 9.18 Å². The number of nitrogens with zero attached hydrogens (tertiary/aromatic N) is 4. The molecule has 0 radical (unpaired) electrons. The highest BCUT2D eigenvalue weighted by Gasteiger charge is 2.21. The maximum absolute atomic E-state index is 13.7. The Morgan fingerprint density at radius 2 is 1.95 bits per heavy atom. The summed E-state index contributed by atoms with van der Waals surface area (Å²) >= 11 is 0. The van der Waals surface area contributed by atoms with Crippen molar-refractivity contribution >= 4 is 11.9 Å². The highest BCUT2D eigenvalue weighted by atomic mass is 19.1. The van der Waals surface area contributed by atoms with Crippen molar-refractivity contribution in [3.63, 3.8) is 0 Å². The molecule has 1 N–H and O–H groups in total. The lowest BCUT2D eigenvalue weighted by molar-refractivity contribution is -0.129.